The van der Waals surface area contributed by atoms with Gasteiger partial charge in [-0.05, 0) is 56.1 Å². The van der Waals surface area contributed by atoms with Crippen LogP contribution in [-0.4, -0.2) is 49.1 Å². The van der Waals surface area contributed by atoms with Gasteiger partial charge in [0.15, 0.2) is 11.5 Å². The minimum Gasteiger partial charge on any atom is -0.486 e. The van der Waals surface area contributed by atoms with Crippen molar-refractivity contribution in [3.63, 3.8) is 0 Å². The predicted molar refractivity (Wildman–Crippen MR) is 113 cm³/mol. The molecule has 156 valence electrons. The quantitative estimate of drug-likeness (QED) is 0.847. The molecule has 30 heavy (non-hydrogen) atoms. The van der Waals surface area contributed by atoms with Gasteiger partial charge in [0.05, 0.1) is 17.4 Å². The molecule has 0 saturated carbocycles. The number of carbonyl (C=O) groups excluding carboxylic acids is 2. The van der Waals surface area contributed by atoms with Crippen LogP contribution in [0.15, 0.2) is 42.5 Å². The lowest BCUT2D eigenvalue weighted by atomic mass is 10.0. The molecule has 0 unspecified atom stereocenters. The molecular weight excluding hydrogens is 382 g/mol. The minimum absolute atomic E-state index is 0.0444. The first-order valence-electron chi connectivity index (χ1n) is 10.5. The number of carbonyl (C=O) groups is 2. The van der Waals surface area contributed by atoms with Crippen LogP contribution in [-0.2, 0) is 9.59 Å². The van der Waals surface area contributed by atoms with Crippen molar-refractivity contribution < 1.29 is 19.1 Å². The summed E-state index contributed by atoms with van der Waals surface area (Å²) in [6.45, 7) is 3.94. The van der Waals surface area contributed by atoms with Crippen LogP contribution >= 0.6 is 0 Å². The van der Waals surface area contributed by atoms with E-state index in [0.717, 1.165) is 42.1 Å². The molecule has 0 aromatic heterocycles. The lowest BCUT2D eigenvalue weighted by Crippen LogP contribution is -2.51. The van der Waals surface area contributed by atoms with Crippen LogP contribution in [0, 0.1) is 0 Å². The normalized spacial score (nSPS) is 21.7. The average Bonchev–Trinajstić information content (AvgIpc) is 3.27. The predicted octanol–water partition coefficient (Wildman–Crippen LogP) is 2.97. The number of benzene rings is 2. The Labute approximate surface area is 175 Å². The van der Waals surface area contributed by atoms with Crippen LogP contribution in [0.5, 0.6) is 11.5 Å². The van der Waals surface area contributed by atoms with E-state index < -0.39 is 0 Å². The number of rotatable bonds is 3. The summed E-state index contributed by atoms with van der Waals surface area (Å²) in [4.78, 5) is 29.5. The molecule has 0 bridgehead atoms. The van der Waals surface area contributed by atoms with Crippen molar-refractivity contribution in [1.29, 1.82) is 0 Å². The number of hydrogen-bond donors (Lipinski definition) is 1. The average molecular weight is 407 g/mol. The first-order chi connectivity index (χ1) is 14.6. The topological polar surface area (TPSA) is 71.1 Å². The summed E-state index contributed by atoms with van der Waals surface area (Å²) in [6, 6.07) is 13.3. The molecule has 1 N–H and O–H groups in total. The molecular formula is C23H25N3O4. The molecule has 3 aliphatic rings. The van der Waals surface area contributed by atoms with Crippen LogP contribution in [0.2, 0.25) is 0 Å². The molecule has 3 aliphatic heterocycles. The third-order valence-corrected chi connectivity index (χ3v) is 6.14. The fourth-order valence-electron chi connectivity index (χ4n) is 4.68. The number of nitrogens with zero attached hydrogens (tertiary/aromatic N) is 2. The smallest absolute Gasteiger partial charge is 0.244 e. The van der Waals surface area contributed by atoms with E-state index in [1.54, 1.807) is 4.90 Å². The number of para-hydroxylation sites is 2. The van der Waals surface area contributed by atoms with Crippen molar-refractivity contribution in [1.82, 2.24) is 4.90 Å². The number of likely N-dealkylation sites (tertiary alicyclic amines) is 1. The van der Waals surface area contributed by atoms with Gasteiger partial charge in [-0.1, -0.05) is 18.2 Å². The minimum atomic E-state index is -0.343. The van der Waals surface area contributed by atoms with E-state index in [1.165, 1.54) is 0 Å². The summed E-state index contributed by atoms with van der Waals surface area (Å²) in [6.07, 6.45) is 2.00. The van der Waals surface area contributed by atoms with Gasteiger partial charge < -0.3 is 14.8 Å². The van der Waals surface area contributed by atoms with Gasteiger partial charge in [-0.25, -0.2) is 0 Å². The lowest BCUT2D eigenvalue weighted by Gasteiger charge is -2.36. The maximum absolute atomic E-state index is 13.5. The second-order valence-corrected chi connectivity index (χ2v) is 7.96. The van der Waals surface area contributed by atoms with Crippen LogP contribution in [0.4, 0.5) is 11.4 Å². The van der Waals surface area contributed by atoms with Crippen LogP contribution in [0.25, 0.3) is 0 Å². The highest BCUT2D eigenvalue weighted by Crippen LogP contribution is 2.39. The fraction of sp³-hybridized carbons (Fsp3) is 0.391. The first-order valence-corrected chi connectivity index (χ1v) is 10.5. The SMILES string of the molecule is C[C@@H](C(=O)N1CC(=O)Nc2ccccc21)N1CCC[C@H]1c1ccc2c(c1)OCCO2. The number of amides is 2. The van der Waals surface area contributed by atoms with Crippen molar-refractivity contribution in [3.8, 4) is 11.5 Å². The van der Waals surface area contributed by atoms with Gasteiger partial charge >= 0.3 is 0 Å². The largest absolute Gasteiger partial charge is 0.486 e. The van der Waals surface area contributed by atoms with E-state index in [0.29, 0.717) is 18.9 Å². The van der Waals surface area contributed by atoms with E-state index in [-0.39, 0.29) is 30.4 Å². The summed E-state index contributed by atoms with van der Waals surface area (Å²) in [7, 11) is 0. The zero-order valence-electron chi connectivity index (χ0n) is 17.0. The molecule has 2 aromatic carbocycles. The van der Waals surface area contributed by atoms with E-state index >= 15 is 0 Å². The van der Waals surface area contributed by atoms with Crippen molar-refractivity contribution in [3.05, 3.63) is 48.0 Å². The number of anilines is 2. The first kappa shape index (κ1) is 18.9. The molecule has 3 heterocycles. The molecule has 0 aliphatic carbocycles. The highest BCUT2D eigenvalue weighted by molar-refractivity contribution is 6.11. The summed E-state index contributed by atoms with van der Waals surface area (Å²) in [5.74, 6) is 1.32. The number of ether oxygens (including phenoxy) is 2. The Kier molecular flexibility index (Phi) is 4.83. The maximum atomic E-state index is 13.5. The van der Waals surface area contributed by atoms with Crippen LogP contribution in [0.3, 0.4) is 0 Å². The van der Waals surface area contributed by atoms with Gasteiger partial charge in [0.1, 0.15) is 19.8 Å². The second-order valence-electron chi connectivity index (χ2n) is 7.96. The molecule has 2 aromatic rings. The van der Waals surface area contributed by atoms with Gasteiger partial charge in [-0.2, -0.15) is 0 Å². The maximum Gasteiger partial charge on any atom is 0.244 e. The standard InChI is InChI=1S/C23H25N3O4/c1-15(23(28)26-14-22(27)24-17-5-2-3-6-19(17)26)25-10-4-7-18(25)16-8-9-20-21(13-16)30-12-11-29-20/h2-3,5-6,8-9,13,15,18H,4,7,10-12,14H2,1H3,(H,24,27)/t15-,18-/m0/s1. The zero-order valence-corrected chi connectivity index (χ0v) is 17.0. The highest BCUT2D eigenvalue weighted by atomic mass is 16.6. The molecule has 1 saturated heterocycles. The second kappa shape index (κ2) is 7.65. The fourth-order valence-corrected chi connectivity index (χ4v) is 4.68. The Bertz CT molecular complexity index is 992. The molecule has 2 amide bonds. The summed E-state index contributed by atoms with van der Waals surface area (Å²) in [5, 5.41) is 2.84. The monoisotopic (exact) mass is 407 g/mol. The Balaban J connectivity index is 1.40. The van der Waals surface area contributed by atoms with Crippen molar-refractivity contribution >= 4 is 23.2 Å². The van der Waals surface area contributed by atoms with Gasteiger partial charge in [0, 0.05) is 6.04 Å². The van der Waals surface area contributed by atoms with Crippen molar-refractivity contribution in [2.75, 3.05) is 36.5 Å². The number of hydrogen-bond acceptors (Lipinski definition) is 5. The van der Waals surface area contributed by atoms with Gasteiger partial charge in [0.2, 0.25) is 11.8 Å². The third-order valence-electron chi connectivity index (χ3n) is 6.14. The van der Waals surface area contributed by atoms with Crippen molar-refractivity contribution in [2.24, 2.45) is 0 Å². The molecule has 7 heteroatoms. The molecule has 7 nitrogen and oxygen atoms in total. The van der Waals surface area contributed by atoms with Crippen molar-refractivity contribution in [2.45, 2.75) is 31.8 Å². The third kappa shape index (κ3) is 3.29. The molecule has 2 atom stereocenters. The Morgan fingerprint density at radius 3 is 2.80 bits per heavy atom. The molecule has 0 radical (unpaired) electrons. The van der Waals surface area contributed by atoms with E-state index in [9.17, 15) is 9.59 Å². The highest BCUT2D eigenvalue weighted by Gasteiger charge is 2.37. The van der Waals surface area contributed by atoms with E-state index in [4.69, 9.17) is 9.47 Å². The molecule has 1 fully saturated rings. The Morgan fingerprint density at radius 1 is 1.13 bits per heavy atom. The summed E-state index contributed by atoms with van der Waals surface area (Å²) < 4.78 is 11.4. The Morgan fingerprint density at radius 2 is 1.93 bits per heavy atom. The van der Waals surface area contributed by atoms with Crippen LogP contribution < -0.4 is 19.7 Å². The van der Waals surface area contributed by atoms with E-state index in [1.807, 2.05) is 43.3 Å². The molecule has 5 rings (SSSR count). The number of fused-ring (bicyclic) bond motifs is 2. The number of nitrogens with one attached hydrogen (secondary N) is 1. The lowest BCUT2D eigenvalue weighted by molar-refractivity contribution is -0.125. The van der Waals surface area contributed by atoms with Crippen LogP contribution in [0.1, 0.15) is 31.4 Å². The Hall–Kier alpha value is -3.06. The van der Waals surface area contributed by atoms with Gasteiger partial charge in [-0.15, -0.1) is 0 Å². The zero-order chi connectivity index (χ0) is 20.7. The summed E-state index contributed by atoms with van der Waals surface area (Å²) in [5.41, 5.74) is 2.57. The summed E-state index contributed by atoms with van der Waals surface area (Å²) >= 11 is 0. The molecule has 0 spiro atoms. The van der Waals surface area contributed by atoms with E-state index in [2.05, 4.69) is 16.3 Å². The van der Waals surface area contributed by atoms with Gasteiger partial charge in [0.25, 0.3) is 0 Å². The van der Waals surface area contributed by atoms with Gasteiger partial charge in [-0.3, -0.25) is 19.4 Å².